The van der Waals surface area contributed by atoms with Crippen molar-refractivity contribution in [3.8, 4) is 5.75 Å². The monoisotopic (exact) mass is 291 g/mol. The van der Waals surface area contributed by atoms with Crippen molar-refractivity contribution >= 4 is 0 Å². The first-order chi connectivity index (χ1) is 10.3. The molecule has 1 unspecified atom stereocenters. The van der Waals surface area contributed by atoms with Gasteiger partial charge in [-0.2, -0.15) is 0 Å². The molecule has 1 fully saturated rings. The van der Waals surface area contributed by atoms with Crippen molar-refractivity contribution in [2.75, 3.05) is 20.3 Å². The maximum atomic E-state index is 5.97. The predicted molar refractivity (Wildman–Crippen MR) is 86.9 cm³/mol. The first-order valence-corrected chi connectivity index (χ1v) is 8.27. The fraction of sp³-hybridized carbons (Fsp3) is 0.667. The normalized spacial score (nSPS) is 18.6. The lowest BCUT2D eigenvalue weighted by molar-refractivity contribution is -0.0364. The molecule has 0 spiro atoms. The number of benzene rings is 1. The fourth-order valence-corrected chi connectivity index (χ4v) is 3.37. The van der Waals surface area contributed by atoms with Crippen LogP contribution in [0.4, 0.5) is 0 Å². The Labute approximate surface area is 129 Å². The standard InChI is InChI=1S/C18H29NO2/c1-4-14-21-16-10-8-15(9-11-16)17(19-5-2)18(20-3)12-6-7-13-18/h8-11,17,19H,4-7,12-14H2,1-3H3. The summed E-state index contributed by atoms with van der Waals surface area (Å²) in [6.07, 6.45) is 5.82. The van der Waals surface area contributed by atoms with E-state index in [1.54, 1.807) is 0 Å². The molecule has 0 aromatic heterocycles. The Morgan fingerprint density at radius 2 is 1.81 bits per heavy atom. The van der Waals surface area contributed by atoms with Gasteiger partial charge in [0.15, 0.2) is 0 Å². The van der Waals surface area contributed by atoms with Gasteiger partial charge in [0.1, 0.15) is 5.75 Å². The maximum absolute atomic E-state index is 5.97. The SMILES string of the molecule is CCCOc1ccc(C(NCC)C2(OC)CCCC2)cc1. The van der Waals surface area contributed by atoms with Crippen LogP contribution in [0.5, 0.6) is 5.75 Å². The van der Waals surface area contributed by atoms with Crippen LogP contribution in [0.25, 0.3) is 0 Å². The first-order valence-electron chi connectivity index (χ1n) is 8.27. The number of hydrogen-bond acceptors (Lipinski definition) is 3. The molecule has 1 atom stereocenters. The average Bonchev–Trinajstić information content (AvgIpc) is 3.01. The van der Waals surface area contributed by atoms with Gasteiger partial charge in [-0.3, -0.25) is 0 Å². The molecule has 0 heterocycles. The van der Waals surface area contributed by atoms with E-state index in [-0.39, 0.29) is 11.6 Å². The van der Waals surface area contributed by atoms with Gasteiger partial charge >= 0.3 is 0 Å². The summed E-state index contributed by atoms with van der Waals surface area (Å²) in [5.74, 6) is 0.953. The molecule has 0 amide bonds. The zero-order valence-corrected chi connectivity index (χ0v) is 13.7. The molecule has 1 aliphatic rings. The molecule has 118 valence electrons. The maximum Gasteiger partial charge on any atom is 0.119 e. The third-order valence-electron chi connectivity index (χ3n) is 4.48. The van der Waals surface area contributed by atoms with Gasteiger partial charge < -0.3 is 14.8 Å². The van der Waals surface area contributed by atoms with Crippen molar-refractivity contribution in [2.24, 2.45) is 0 Å². The van der Waals surface area contributed by atoms with Gasteiger partial charge in [0, 0.05) is 7.11 Å². The highest BCUT2D eigenvalue weighted by Gasteiger charge is 2.41. The van der Waals surface area contributed by atoms with Crippen molar-refractivity contribution in [3.63, 3.8) is 0 Å². The Hall–Kier alpha value is -1.06. The molecular formula is C18H29NO2. The summed E-state index contributed by atoms with van der Waals surface area (Å²) in [6, 6.07) is 8.77. The lowest BCUT2D eigenvalue weighted by Crippen LogP contribution is -2.43. The van der Waals surface area contributed by atoms with Crippen LogP contribution in [0.1, 0.15) is 57.6 Å². The molecule has 1 aliphatic carbocycles. The second kappa shape index (κ2) is 7.81. The van der Waals surface area contributed by atoms with Gasteiger partial charge in [0.25, 0.3) is 0 Å². The summed E-state index contributed by atoms with van der Waals surface area (Å²) in [5.41, 5.74) is 1.24. The van der Waals surface area contributed by atoms with Crippen molar-refractivity contribution in [1.82, 2.24) is 5.32 Å². The largest absolute Gasteiger partial charge is 0.494 e. The average molecular weight is 291 g/mol. The lowest BCUT2D eigenvalue weighted by atomic mass is 9.86. The molecule has 0 bridgehead atoms. The zero-order valence-electron chi connectivity index (χ0n) is 13.7. The molecular weight excluding hydrogens is 262 g/mol. The summed E-state index contributed by atoms with van der Waals surface area (Å²) >= 11 is 0. The van der Waals surface area contributed by atoms with E-state index in [0.717, 1.165) is 38.2 Å². The van der Waals surface area contributed by atoms with Gasteiger partial charge in [-0.25, -0.2) is 0 Å². The number of hydrogen-bond donors (Lipinski definition) is 1. The van der Waals surface area contributed by atoms with Gasteiger partial charge in [0.05, 0.1) is 18.2 Å². The van der Waals surface area contributed by atoms with E-state index in [9.17, 15) is 0 Å². The Morgan fingerprint density at radius 3 is 2.33 bits per heavy atom. The molecule has 2 rings (SSSR count). The van der Waals surface area contributed by atoms with Crippen LogP contribution in [0, 0.1) is 0 Å². The molecule has 3 nitrogen and oxygen atoms in total. The third kappa shape index (κ3) is 3.78. The van der Waals surface area contributed by atoms with Crippen LogP contribution in [0.15, 0.2) is 24.3 Å². The number of likely N-dealkylation sites (N-methyl/N-ethyl adjacent to an activating group) is 1. The second-order valence-corrected chi connectivity index (χ2v) is 5.88. The lowest BCUT2D eigenvalue weighted by Gasteiger charge is -2.37. The summed E-state index contributed by atoms with van der Waals surface area (Å²) in [4.78, 5) is 0. The molecule has 1 aromatic rings. The summed E-state index contributed by atoms with van der Waals surface area (Å²) in [6.45, 7) is 6.00. The van der Waals surface area contributed by atoms with Crippen molar-refractivity contribution in [3.05, 3.63) is 29.8 Å². The highest BCUT2D eigenvalue weighted by atomic mass is 16.5. The van der Waals surface area contributed by atoms with Gasteiger partial charge in [-0.05, 0) is 43.5 Å². The quantitative estimate of drug-likeness (QED) is 0.782. The molecule has 1 saturated carbocycles. The van der Waals surface area contributed by atoms with Crippen LogP contribution in [-0.4, -0.2) is 25.9 Å². The summed E-state index contributed by atoms with van der Waals surface area (Å²) in [7, 11) is 1.86. The predicted octanol–water partition coefficient (Wildman–Crippen LogP) is 4.09. The van der Waals surface area contributed by atoms with E-state index < -0.39 is 0 Å². The summed E-state index contributed by atoms with van der Waals surface area (Å²) < 4.78 is 11.6. The first kappa shape index (κ1) is 16.3. The highest BCUT2D eigenvalue weighted by Crippen LogP contribution is 2.42. The minimum absolute atomic E-state index is 0.0538. The smallest absolute Gasteiger partial charge is 0.119 e. The Balaban J connectivity index is 2.17. The number of ether oxygens (including phenoxy) is 2. The topological polar surface area (TPSA) is 30.5 Å². The zero-order chi connectivity index (χ0) is 15.1. The van der Waals surface area contributed by atoms with Gasteiger partial charge in [0.2, 0.25) is 0 Å². The molecule has 1 N–H and O–H groups in total. The minimum Gasteiger partial charge on any atom is -0.494 e. The third-order valence-corrected chi connectivity index (χ3v) is 4.48. The minimum atomic E-state index is -0.0538. The molecule has 21 heavy (non-hydrogen) atoms. The van der Waals surface area contributed by atoms with Crippen molar-refractivity contribution in [1.29, 1.82) is 0 Å². The Morgan fingerprint density at radius 1 is 1.14 bits per heavy atom. The molecule has 0 radical (unpaired) electrons. The van der Waals surface area contributed by atoms with Crippen LogP contribution in [0.3, 0.4) is 0 Å². The van der Waals surface area contributed by atoms with E-state index in [1.807, 2.05) is 7.11 Å². The van der Waals surface area contributed by atoms with Crippen LogP contribution in [-0.2, 0) is 4.74 Å². The van der Waals surface area contributed by atoms with Crippen LogP contribution < -0.4 is 10.1 Å². The van der Waals surface area contributed by atoms with Gasteiger partial charge in [-0.1, -0.05) is 38.8 Å². The highest BCUT2D eigenvalue weighted by molar-refractivity contribution is 5.31. The van der Waals surface area contributed by atoms with E-state index in [0.29, 0.717) is 0 Å². The van der Waals surface area contributed by atoms with Gasteiger partial charge in [-0.15, -0.1) is 0 Å². The second-order valence-electron chi connectivity index (χ2n) is 5.88. The number of methoxy groups -OCH3 is 1. The molecule has 0 saturated heterocycles. The van der Waals surface area contributed by atoms with Crippen LogP contribution in [0.2, 0.25) is 0 Å². The van der Waals surface area contributed by atoms with Crippen LogP contribution >= 0.6 is 0 Å². The van der Waals surface area contributed by atoms with E-state index in [1.165, 1.54) is 18.4 Å². The molecule has 1 aromatic carbocycles. The fourth-order valence-electron chi connectivity index (χ4n) is 3.37. The Bertz CT molecular complexity index is 410. The Kier molecular flexibility index (Phi) is 6.07. The number of nitrogens with one attached hydrogen (secondary N) is 1. The van der Waals surface area contributed by atoms with Crippen molar-refractivity contribution in [2.45, 2.75) is 57.6 Å². The van der Waals surface area contributed by atoms with E-state index in [4.69, 9.17) is 9.47 Å². The number of rotatable bonds is 8. The van der Waals surface area contributed by atoms with Crippen molar-refractivity contribution < 1.29 is 9.47 Å². The molecule has 0 aliphatic heterocycles. The molecule has 3 heteroatoms. The van der Waals surface area contributed by atoms with E-state index in [2.05, 4.69) is 43.4 Å². The van der Waals surface area contributed by atoms with E-state index >= 15 is 0 Å². The summed E-state index contributed by atoms with van der Waals surface area (Å²) in [5, 5.41) is 3.63.